The number of aromatic nitrogens is 1. The Bertz CT molecular complexity index is 888. The van der Waals surface area contributed by atoms with Gasteiger partial charge in [-0.2, -0.15) is 0 Å². The third-order valence-electron chi connectivity index (χ3n) is 4.11. The van der Waals surface area contributed by atoms with Crippen LogP contribution in [0.3, 0.4) is 0 Å². The lowest BCUT2D eigenvalue weighted by Crippen LogP contribution is -2.15. The van der Waals surface area contributed by atoms with Gasteiger partial charge in [-0.15, -0.1) is 11.3 Å². The number of esters is 1. The summed E-state index contributed by atoms with van der Waals surface area (Å²) in [7, 11) is 0. The van der Waals surface area contributed by atoms with Crippen LogP contribution in [-0.2, 0) is 11.2 Å². The second-order valence-corrected chi connectivity index (χ2v) is 7.18. The van der Waals surface area contributed by atoms with E-state index in [0.29, 0.717) is 36.9 Å². The van der Waals surface area contributed by atoms with E-state index < -0.39 is 0 Å². The van der Waals surface area contributed by atoms with Crippen LogP contribution < -0.4 is 14.2 Å². The standard InChI is InChI=1S/C20H19NO4S/c22-20(25-14-9-10-16-17(13-14)24-12-11-23-16)8-4-3-7-19-21-15-5-1-2-6-18(15)26-19/h1-2,5-6,9-10,13H,3-4,7-8,11-12H2. The van der Waals surface area contributed by atoms with Crippen LogP contribution in [0.25, 0.3) is 10.2 Å². The van der Waals surface area contributed by atoms with E-state index in [1.165, 1.54) is 4.70 Å². The molecule has 2 aromatic carbocycles. The van der Waals surface area contributed by atoms with Crippen LogP contribution in [0.5, 0.6) is 17.2 Å². The fourth-order valence-corrected chi connectivity index (χ4v) is 3.85. The van der Waals surface area contributed by atoms with Crippen molar-refractivity contribution < 1.29 is 19.0 Å². The van der Waals surface area contributed by atoms with E-state index in [2.05, 4.69) is 11.1 Å². The summed E-state index contributed by atoms with van der Waals surface area (Å²) in [6.45, 7) is 1.05. The first-order valence-corrected chi connectivity index (χ1v) is 9.54. The summed E-state index contributed by atoms with van der Waals surface area (Å²) in [5.41, 5.74) is 1.05. The number of hydrogen-bond acceptors (Lipinski definition) is 6. The highest BCUT2D eigenvalue weighted by molar-refractivity contribution is 7.18. The molecule has 3 aromatic rings. The number of nitrogens with zero attached hydrogens (tertiary/aromatic N) is 1. The van der Waals surface area contributed by atoms with Crippen molar-refractivity contribution in [2.24, 2.45) is 0 Å². The maximum Gasteiger partial charge on any atom is 0.311 e. The Hall–Kier alpha value is -2.60. The molecule has 0 amide bonds. The van der Waals surface area contributed by atoms with E-state index in [9.17, 15) is 4.79 Å². The molecule has 0 atom stereocenters. The number of ether oxygens (including phenoxy) is 3. The molecule has 0 saturated heterocycles. The normalized spacial score (nSPS) is 12.9. The van der Waals surface area contributed by atoms with E-state index in [0.717, 1.165) is 29.8 Å². The van der Waals surface area contributed by atoms with Crippen molar-refractivity contribution in [2.75, 3.05) is 13.2 Å². The summed E-state index contributed by atoms with van der Waals surface area (Å²) < 4.78 is 17.6. The quantitative estimate of drug-likeness (QED) is 0.366. The zero-order chi connectivity index (χ0) is 17.8. The SMILES string of the molecule is O=C(CCCCc1nc2ccccc2s1)Oc1ccc2c(c1)OCCO2. The number of para-hydroxylation sites is 1. The van der Waals surface area contributed by atoms with E-state index in [1.807, 2.05) is 18.2 Å². The maximum absolute atomic E-state index is 12.0. The molecule has 0 N–H and O–H groups in total. The lowest BCUT2D eigenvalue weighted by Gasteiger charge is -2.18. The summed E-state index contributed by atoms with van der Waals surface area (Å²) in [6.07, 6.45) is 2.96. The zero-order valence-corrected chi connectivity index (χ0v) is 15.1. The molecule has 0 spiro atoms. The van der Waals surface area contributed by atoms with Gasteiger partial charge >= 0.3 is 5.97 Å². The summed E-state index contributed by atoms with van der Waals surface area (Å²) in [5.74, 6) is 1.57. The van der Waals surface area contributed by atoms with Crippen LogP contribution in [-0.4, -0.2) is 24.2 Å². The van der Waals surface area contributed by atoms with Crippen molar-refractivity contribution in [3.05, 3.63) is 47.5 Å². The van der Waals surface area contributed by atoms with Gasteiger partial charge in [0.25, 0.3) is 0 Å². The average Bonchev–Trinajstić information content (AvgIpc) is 3.08. The first-order chi connectivity index (χ1) is 12.8. The predicted octanol–water partition coefficient (Wildman–Crippen LogP) is 4.39. The van der Waals surface area contributed by atoms with Gasteiger partial charge in [-0.1, -0.05) is 12.1 Å². The topological polar surface area (TPSA) is 57.7 Å². The molecule has 0 fully saturated rings. The van der Waals surface area contributed by atoms with Gasteiger partial charge in [0, 0.05) is 12.5 Å². The summed E-state index contributed by atoms with van der Waals surface area (Å²) in [5, 5.41) is 1.12. The molecular weight excluding hydrogens is 350 g/mol. The fraction of sp³-hybridized carbons (Fsp3) is 0.300. The van der Waals surface area contributed by atoms with Crippen LogP contribution in [0.1, 0.15) is 24.3 Å². The molecule has 0 saturated carbocycles. The second kappa shape index (κ2) is 7.74. The molecule has 1 aliphatic heterocycles. The Labute approximate surface area is 155 Å². The molecule has 0 aliphatic carbocycles. The number of fused-ring (bicyclic) bond motifs is 2. The van der Waals surface area contributed by atoms with E-state index >= 15 is 0 Å². The number of unbranched alkanes of at least 4 members (excludes halogenated alkanes) is 1. The minimum absolute atomic E-state index is 0.231. The van der Waals surface area contributed by atoms with Crippen LogP contribution in [0.4, 0.5) is 0 Å². The fourth-order valence-electron chi connectivity index (χ4n) is 2.84. The third kappa shape index (κ3) is 3.96. The van der Waals surface area contributed by atoms with Gasteiger partial charge in [-0.05, 0) is 43.5 Å². The first-order valence-electron chi connectivity index (χ1n) is 8.73. The van der Waals surface area contributed by atoms with Crippen LogP contribution in [0.2, 0.25) is 0 Å². The van der Waals surface area contributed by atoms with Crippen molar-refractivity contribution in [1.82, 2.24) is 4.98 Å². The van der Waals surface area contributed by atoms with E-state index in [1.54, 1.807) is 29.5 Å². The number of carbonyl (C=O) groups is 1. The monoisotopic (exact) mass is 369 g/mol. The first kappa shape index (κ1) is 16.8. The number of hydrogen-bond donors (Lipinski definition) is 0. The average molecular weight is 369 g/mol. The Morgan fingerprint density at radius 2 is 1.92 bits per heavy atom. The molecule has 1 aliphatic rings. The van der Waals surface area contributed by atoms with Gasteiger partial charge < -0.3 is 14.2 Å². The molecule has 6 heteroatoms. The third-order valence-corrected chi connectivity index (χ3v) is 5.20. The molecular formula is C20H19NO4S. The molecule has 134 valence electrons. The highest BCUT2D eigenvalue weighted by Gasteiger charge is 2.14. The van der Waals surface area contributed by atoms with E-state index in [-0.39, 0.29) is 5.97 Å². The predicted molar refractivity (Wildman–Crippen MR) is 100 cm³/mol. The largest absolute Gasteiger partial charge is 0.486 e. The Balaban J connectivity index is 1.24. The van der Waals surface area contributed by atoms with Gasteiger partial charge in [0.05, 0.1) is 15.2 Å². The van der Waals surface area contributed by atoms with Crippen LogP contribution in [0.15, 0.2) is 42.5 Å². The molecule has 26 heavy (non-hydrogen) atoms. The van der Waals surface area contributed by atoms with Gasteiger partial charge in [0.1, 0.15) is 19.0 Å². The Morgan fingerprint density at radius 3 is 2.81 bits per heavy atom. The molecule has 0 bridgehead atoms. The van der Waals surface area contributed by atoms with Gasteiger partial charge in [-0.3, -0.25) is 4.79 Å². The summed E-state index contributed by atoms with van der Waals surface area (Å²) >= 11 is 1.72. The van der Waals surface area contributed by atoms with Crippen molar-refractivity contribution in [1.29, 1.82) is 0 Å². The minimum atomic E-state index is -0.231. The molecule has 1 aromatic heterocycles. The second-order valence-electron chi connectivity index (χ2n) is 6.06. The van der Waals surface area contributed by atoms with Gasteiger partial charge in [0.2, 0.25) is 0 Å². The highest BCUT2D eigenvalue weighted by atomic mass is 32.1. The Kier molecular flexibility index (Phi) is 5.02. The number of carbonyl (C=O) groups excluding carboxylic acids is 1. The number of aryl methyl sites for hydroxylation is 1. The van der Waals surface area contributed by atoms with Gasteiger partial charge in [0.15, 0.2) is 11.5 Å². The van der Waals surface area contributed by atoms with Crippen molar-refractivity contribution in [2.45, 2.75) is 25.7 Å². The molecule has 0 radical (unpaired) electrons. The smallest absolute Gasteiger partial charge is 0.311 e. The summed E-state index contributed by atoms with van der Waals surface area (Å²) in [4.78, 5) is 16.6. The summed E-state index contributed by atoms with van der Waals surface area (Å²) in [6, 6.07) is 13.3. The van der Waals surface area contributed by atoms with Gasteiger partial charge in [-0.25, -0.2) is 4.98 Å². The van der Waals surface area contributed by atoms with Crippen molar-refractivity contribution in [3.8, 4) is 17.2 Å². The number of thiazole rings is 1. The number of benzene rings is 2. The van der Waals surface area contributed by atoms with Crippen LogP contribution >= 0.6 is 11.3 Å². The zero-order valence-electron chi connectivity index (χ0n) is 14.3. The van der Waals surface area contributed by atoms with Crippen molar-refractivity contribution in [3.63, 3.8) is 0 Å². The lowest BCUT2D eigenvalue weighted by molar-refractivity contribution is -0.134. The number of rotatable bonds is 6. The van der Waals surface area contributed by atoms with E-state index in [4.69, 9.17) is 14.2 Å². The highest BCUT2D eigenvalue weighted by Crippen LogP contribution is 2.33. The Morgan fingerprint density at radius 1 is 1.08 bits per heavy atom. The van der Waals surface area contributed by atoms with Crippen LogP contribution in [0, 0.1) is 0 Å². The molecule has 4 rings (SSSR count). The maximum atomic E-state index is 12.0. The molecule has 5 nitrogen and oxygen atoms in total. The molecule has 2 heterocycles. The lowest BCUT2D eigenvalue weighted by atomic mass is 10.2. The molecule has 0 unspecified atom stereocenters. The van der Waals surface area contributed by atoms with Crippen molar-refractivity contribution >= 4 is 27.5 Å². The minimum Gasteiger partial charge on any atom is -0.486 e.